The second kappa shape index (κ2) is 9.48. The highest BCUT2D eigenvalue weighted by Gasteiger charge is 2.23. The molecule has 2 heterocycles. The minimum atomic E-state index is -0.108. The number of nitrogens with zero attached hydrogens (tertiary/aromatic N) is 4. The van der Waals surface area contributed by atoms with Crippen molar-refractivity contribution in [3.63, 3.8) is 0 Å². The molecule has 172 valence electrons. The van der Waals surface area contributed by atoms with E-state index in [0.717, 1.165) is 18.8 Å². The molecule has 1 fully saturated rings. The van der Waals surface area contributed by atoms with Crippen LogP contribution in [-0.2, 0) is 4.79 Å². The lowest BCUT2D eigenvalue weighted by atomic mass is 10.1. The molecular formula is C26H31N5O2. The molecule has 1 N–H and O–H groups in total. The predicted molar refractivity (Wildman–Crippen MR) is 131 cm³/mol. The molecule has 0 atom stereocenters. The first-order valence-electron chi connectivity index (χ1n) is 11.4. The topological polar surface area (TPSA) is 70.5 Å². The van der Waals surface area contributed by atoms with Crippen LogP contribution in [0.5, 0.6) is 0 Å². The average molecular weight is 446 g/mol. The van der Waals surface area contributed by atoms with Gasteiger partial charge in [-0.15, -0.1) is 0 Å². The predicted octanol–water partition coefficient (Wildman–Crippen LogP) is 4.05. The van der Waals surface area contributed by atoms with Gasteiger partial charge in [0, 0.05) is 49.0 Å². The van der Waals surface area contributed by atoms with E-state index in [-0.39, 0.29) is 17.7 Å². The summed E-state index contributed by atoms with van der Waals surface area (Å²) in [4.78, 5) is 33.4. The van der Waals surface area contributed by atoms with Crippen LogP contribution >= 0.6 is 0 Å². The largest absolute Gasteiger partial charge is 0.368 e. The van der Waals surface area contributed by atoms with Gasteiger partial charge in [0.2, 0.25) is 5.91 Å². The molecule has 0 radical (unpaired) electrons. The van der Waals surface area contributed by atoms with Gasteiger partial charge in [-0.2, -0.15) is 0 Å². The number of amides is 2. The molecular weight excluding hydrogens is 414 g/mol. The summed E-state index contributed by atoms with van der Waals surface area (Å²) < 4.78 is 1.83. The number of piperazine rings is 1. The van der Waals surface area contributed by atoms with Gasteiger partial charge in [-0.05, 0) is 55.3 Å². The maximum Gasteiger partial charge on any atom is 0.253 e. The number of imidazole rings is 1. The summed E-state index contributed by atoms with van der Waals surface area (Å²) >= 11 is 0. The molecule has 2 aromatic carbocycles. The Morgan fingerprint density at radius 2 is 1.67 bits per heavy atom. The molecule has 0 spiro atoms. The van der Waals surface area contributed by atoms with Gasteiger partial charge in [0.05, 0.1) is 6.20 Å². The van der Waals surface area contributed by atoms with Crippen LogP contribution in [-0.4, -0.2) is 52.4 Å². The molecule has 1 saturated heterocycles. The van der Waals surface area contributed by atoms with Gasteiger partial charge in [-0.3, -0.25) is 9.59 Å². The summed E-state index contributed by atoms with van der Waals surface area (Å²) in [5.41, 5.74) is 5.33. The fourth-order valence-corrected chi connectivity index (χ4v) is 3.97. The molecule has 2 amide bonds. The van der Waals surface area contributed by atoms with E-state index in [0.29, 0.717) is 24.5 Å². The molecule has 0 unspecified atom stereocenters. The van der Waals surface area contributed by atoms with Crippen LogP contribution in [0.25, 0.3) is 5.69 Å². The van der Waals surface area contributed by atoms with E-state index in [9.17, 15) is 9.59 Å². The monoisotopic (exact) mass is 445 g/mol. The van der Waals surface area contributed by atoms with Crippen molar-refractivity contribution in [2.24, 2.45) is 5.92 Å². The Labute approximate surface area is 195 Å². The highest BCUT2D eigenvalue weighted by Crippen LogP contribution is 2.23. The highest BCUT2D eigenvalue weighted by atomic mass is 16.2. The van der Waals surface area contributed by atoms with Crippen molar-refractivity contribution in [2.75, 3.05) is 36.4 Å². The Kier molecular flexibility index (Phi) is 6.49. The number of aromatic nitrogens is 2. The Hall–Kier alpha value is -3.61. The number of carbonyl (C=O) groups excluding carboxylic acids is 2. The zero-order chi connectivity index (χ0) is 23.5. The summed E-state index contributed by atoms with van der Waals surface area (Å²) in [5.74, 6) is 0.384. The van der Waals surface area contributed by atoms with E-state index in [1.165, 1.54) is 16.8 Å². The molecule has 1 aromatic heterocycles. The van der Waals surface area contributed by atoms with E-state index in [1.807, 2.05) is 47.6 Å². The van der Waals surface area contributed by atoms with E-state index >= 15 is 0 Å². The Morgan fingerprint density at radius 1 is 0.970 bits per heavy atom. The fraction of sp³-hybridized carbons (Fsp3) is 0.346. The van der Waals surface area contributed by atoms with E-state index in [2.05, 4.69) is 47.2 Å². The molecule has 1 aliphatic rings. The minimum Gasteiger partial charge on any atom is -0.368 e. The highest BCUT2D eigenvalue weighted by molar-refractivity contribution is 5.94. The second-order valence-electron chi connectivity index (χ2n) is 8.93. The second-order valence-corrected chi connectivity index (χ2v) is 8.93. The number of rotatable bonds is 5. The molecule has 0 saturated carbocycles. The lowest BCUT2D eigenvalue weighted by Gasteiger charge is -2.37. The summed E-state index contributed by atoms with van der Waals surface area (Å²) in [5, 5.41) is 2.79. The van der Waals surface area contributed by atoms with Crippen molar-refractivity contribution >= 4 is 23.3 Å². The fourth-order valence-electron chi connectivity index (χ4n) is 3.97. The third-order valence-corrected chi connectivity index (χ3v) is 6.04. The Bertz CT molecular complexity index is 1140. The molecule has 33 heavy (non-hydrogen) atoms. The van der Waals surface area contributed by atoms with Gasteiger partial charge in [0.25, 0.3) is 5.91 Å². The first-order valence-corrected chi connectivity index (χ1v) is 11.4. The first-order chi connectivity index (χ1) is 15.8. The van der Waals surface area contributed by atoms with Crippen LogP contribution in [0.2, 0.25) is 0 Å². The number of carbonyl (C=O) groups is 2. The molecule has 0 aliphatic carbocycles. The SMILES string of the molecule is Cc1ccc(C)c(N2CCN(C(=O)c3ccc(-n4cnc(NC(=O)C(C)C)c4)cc3)CC2)c1. The zero-order valence-corrected chi connectivity index (χ0v) is 19.7. The number of aryl methyl sites for hydroxylation is 2. The zero-order valence-electron chi connectivity index (χ0n) is 19.7. The summed E-state index contributed by atoms with van der Waals surface area (Å²) in [6.07, 6.45) is 3.42. The number of nitrogens with one attached hydrogen (secondary N) is 1. The Morgan fingerprint density at radius 3 is 2.33 bits per heavy atom. The number of hydrogen-bond donors (Lipinski definition) is 1. The van der Waals surface area contributed by atoms with Gasteiger partial charge in [-0.1, -0.05) is 26.0 Å². The van der Waals surface area contributed by atoms with E-state index < -0.39 is 0 Å². The van der Waals surface area contributed by atoms with Crippen LogP contribution in [0.4, 0.5) is 11.5 Å². The average Bonchev–Trinajstić information content (AvgIpc) is 3.29. The maximum absolute atomic E-state index is 13.0. The lowest BCUT2D eigenvalue weighted by molar-refractivity contribution is -0.118. The summed E-state index contributed by atoms with van der Waals surface area (Å²) in [6.45, 7) is 11.0. The van der Waals surface area contributed by atoms with Crippen LogP contribution in [0.1, 0.15) is 35.3 Å². The van der Waals surface area contributed by atoms with Crippen molar-refractivity contribution in [1.29, 1.82) is 0 Å². The molecule has 0 bridgehead atoms. The third-order valence-electron chi connectivity index (χ3n) is 6.04. The van der Waals surface area contributed by atoms with Crippen LogP contribution < -0.4 is 10.2 Å². The molecule has 3 aromatic rings. The van der Waals surface area contributed by atoms with Crippen molar-refractivity contribution in [2.45, 2.75) is 27.7 Å². The normalized spacial score (nSPS) is 14.0. The minimum absolute atomic E-state index is 0.0534. The Balaban J connectivity index is 1.38. The van der Waals surface area contributed by atoms with Crippen molar-refractivity contribution in [1.82, 2.24) is 14.5 Å². The molecule has 7 heteroatoms. The lowest BCUT2D eigenvalue weighted by Crippen LogP contribution is -2.49. The molecule has 7 nitrogen and oxygen atoms in total. The number of anilines is 2. The van der Waals surface area contributed by atoms with Crippen LogP contribution in [0, 0.1) is 19.8 Å². The van der Waals surface area contributed by atoms with Gasteiger partial charge >= 0.3 is 0 Å². The number of benzene rings is 2. The van der Waals surface area contributed by atoms with E-state index in [1.54, 1.807) is 12.5 Å². The van der Waals surface area contributed by atoms with Gasteiger partial charge in [-0.25, -0.2) is 4.98 Å². The van der Waals surface area contributed by atoms with E-state index in [4.69, 9.17) is 0 Å². The maximum atomic E-state index is 13.0. The van der Waals surface area contributed by atoms with Gasteiger partial charge in [0.1, 0.15) is 6.33 Å². The van der Waals surface area contributed by atoms with Crippen molar-refractivity contribution in [3.05, 3.63) is 71.7 Å². The van der Waals surface area contributed by atoms with Crippen molar-refractivity contribution in [3.8, 4) is 5.69 Å². The van der Waals surface area contributed by atoms with Crippen LogP contribution in [0.3, 0.4) is 0 Å². The van der Waals surface area contributed by atoms with Gasteiger partial charge in [0.15, 0.2) is 5.82 Å². The molecule has 4 rings (SSSR count). The standard InChI is InChI=1S/C26H31N5O2/c1-18(2)25(32)28-24-16-31(17-27-24)22-9-7-21(8-10-22)26(33)30-13-11-29(12-14-30)23-15-19(3)5-6-20(23)4/h5-10,15-18H,11-14H2,1-4H3,(H,28,32). The van der Waals surface area contributed by atoms with Crippen molar-refractivity contribution < 1.29 is 9.59 Å². The summed E-state index contributed by atoms with van der Waals surface area (Å²) in [7, 11) is 0. The summed E-state index contributed by atoms with van der Waals surface area (Å²) in [6, 6.07) is 14.0. The van der Waals surface area contributed by atoms with Crippen LogP contribution in [0.15, 0.2) is 55.0 Å². The third kappa shape index (κ3) is 5.08. The quantitative estimate of drug-likeness (QED) is 0.643. The number of hydrogen-bond acceptors (Lipinski definition) is 4. The smallest absolute Gasteiger partial charge is 0.253 e. The van der Waals surface area contributed by atoms with Gasteiger partial charge < -0.3 is 19.7 Å². The molecule has 1 aliphatic heterocycles. The first kappa shape index (κ1) is 22.6.